The minimum atomic E-state index is -0.197. The quantitative estimate of drug-likeness (QED) is 0.424. The number of aromatic amines is 1. The number of carbonyl (C=O) groups excluding carboxylic acids is 1. The van der Waals surface area contributed by atoms with Crippen molar-refractivity contribution < 1.29 is 9.53 Å². The minimum Gasteiger partial charge on any atom is -0.445 e. The summed E-state index contributed by atoms with van der Waals surface area (Å²) >= 11 is 0. The van der Waals surface area contributed by atoms with Gasteiger partial charge in [0.05, 0.1) is 0 Å². The third-order valence-corrected chi connectivity index (χ3v) is 7.32. The Morgan fingerprint density at radius 1 is 1.06 bits per heavy atom. The number of benzene rings is 2. The number of amides is 1. The topological polar surface area (TPSA) is 45.3 Å². The number of nitrogens with zero attached hydrogens (tertiary/aromatic N) is 1. The van der Waals surface area contributed by atoms with Crippen molar-refractivity contribution in [3.8, 4) is 0 Å². The number of aromatic nitrogens is 1. The monoisotopic (exact) mass is 442 g/mol. The van der Waals surface area contributed by atoms with Crippen molar-refractivity contribution in [3.63, 3.8) is 0 Å². The lowest BCUT2D eigenvalue weighted by Gasteiger charge is -2.24. The first-order chi connectivity index (χ1) is 16.3. The lowest BCUT2D eigenvalue weighted by Crippen LogP contribution is -2.37. The van der Waals surface area contributed by atoms with Gasteiger partial charge in [-0.3, -0.25) is 0 Å². The van der Waals surface area contributed by atoms with Crippen LogP contribution in [0, 0.1) is 5.92 Å². The number of likely N-dealkylation sites (tertiary alicyclic amines) is 1. The first kappa shape index (κ1) is 21.8. The smallest absolute Gasteiger partial charge is 0.410 e. The van der Waals surface area contributed by atoms with Crippen LogP contribution in [0.1, 0.15) is 61.6 Å². The summed E-state index contributed by atoms with van der Waals surface area (Å²) in [6.07, 6.45) is 16.2. The Kier molecular flexibility index (Phi) is 6.80. The second-order valence-electron chi connectivity index (χ2n) is 9.64. The molecule has 2 aromatic carbocycles. The molecule has 0 bridgehead atoms. The molecule has 172 valence electrons. The summed E-state index contributed by atoms with van der Waals surface area (Å²) in [6.45, 7) is 1.10. The summed E-state index contributed by atoms with van der Waals surface area (Å²) in [5.41, 5.74) is 4.72. The molecule has 0 unspecified atom stereocenters. The Balaban J connectivity index is 1.23. The molecule has 2 fully saturated rings. The van der Waals surface area contributed by atoms with Crippen LogP contribution in [-0.4, -0.2) is 28.6 Å². The van der Waals surface area contributed by atoms with Gasteiger partial charge in [0.25, 0.3) is 0 Å². The molecule has 33 heavy (non-hydrogen) atoms. The average Bonchev–Trinajstić information content (AvgIpc) is 3.61. The zero-order valence-corrected chi connectivity index (χ0v) is 19.3. The molecule has 3 aromatic rings. The first-order valence-corrected chi connectivity index (χ1v) is 12.5. The number of carbonyl (C=O) groups is 1. The van der Waals surface area contributed by atoms with E-state index in [1.165, 1.54) is 48.6 Å². The maximum absolute atomic E-state index is 12.8. The van der Waals surface area contributed by atoms with Crippen LogP contribution in [0.15, 0.2) is 60.8 Å². The van der Waals surface area contributed by atoms with Crippen LogP contribution in [0.5, 0.6) is 0 Å². The number of fused-ring (bicyclic) bond motifs is 1. The van der Waals surface area contributed by atoms with Crippen molar-refractivity contribution in [1.82, 2.24) is 9.88 Å². The summed E-state index contributed by atoms with van der Waals surface area (Å²) in [7, 11) is 0. The van der Waals surface area contributed by atoms with Crippen LogP contribution in [0.4, 0.5) is 4.79 Å². The zero-order chi connectivity index (χ0) is 22.5. The van der Waals surface area contributed by atoms with Crippen LogP contribution in [0.25, 0.3) is 17.0 Å². The predicted octanol–water partition coefficient (Wildman–Crippen LogP) is 7.11. The van der Waals surface area contributed by atoms with Crippen molar-refractivity contribution in [2.24, 2.45) is 5.92 Å². The van der Waals surface area contributed by atoms with Crippen molar-refractivity contribution >= 4 is 23.1 Å². The van der Waals surface area contributed by atoms with Gasteiger partial charge in [-0.05, 0) is 60.4 Å². The van der Waals surface area contributed by atoms with Gasteiger partial charge in [-0.2, -0.15) is 0 Å². The van der Waals surface area contributed by atoms with Crippen LogP contribution >= 0.6 is 0 Å². The van der Waals surface area contributed by atoms with Gasteiger partial charge in [-0.15, -0.1) is 0 Å². The Bertz CT molecular complexity index is 1100. The second kappa shape index (κ2) is 10.3. The van der Waals surface area contributed by atoms with Crippen LogP contribution in [0.3, 0.4) is 0 Å². The minimum absolute atomic E-state index is 0.189. The average molecular weight is 443 g/mol. The predicted molar refractivity (Wildman–Crippen MR) is 134 cm³/mol. The fourth-order valence-electron chi connectivity index (χ4n) is 5.46. The Morgan fingerprint density at radius 3 is 2.76 bits per heavy atom. The molecule has 1 saturated carbocycles. The van der Waals surface area contributed by atoms with Gasteiger partial charge in [-0.25, -0.2) is 4.79 Å². The van der Waals surface area contributed by atoms with Crippen molar-refractivity contribution in [2.45, 2.75) is 64.0 Å². The van der Waals surface area contributed by atoms with Crippen molar-refractivity contribution in [3.05, 3.63) is 77.5 Å². The number of ether oxygens (including phenoxy) is 1. The molecule has 0 spiro atoms. The molecule has 1 aliphatic heterocycles. The maximum atomic E-state index is 12.8. The molecule has 5 rings (SSSR count). The molecule has 2 heterocycles. The summed E-state index contributed by atoms with van der Waals surface area (Å²) in [5, 5.41) is 1.27. The molecule has 1 aliphatic carbocycles. The van der Waals surface area contributed by atoms with E-state index in [-0.39, 0.29) is 12.1 Å². The van der Waals surface area contributed by atoms with E-state index < -0.39 is 0 Å². The molecule has 1 aromatic heterocycles. The van der Waals surface area contributed by atoms with Crippen molar-refractivity contribution in [2.75, 3.05) is 6.54 Å². The third kappa shape index (κ3) is 5.32. The lowest BCUT2D eigenvalue weighted by atomic mass is 10.0. The van der Waals surface area contributed by atoms with Crippen LogP contribution < -0.4 is 0 Å². The molecular weight excluding hydrogens is 408 g/mol. The Hall–Kier alpha value is -3.01. The van der Waals surface area contributed by atoms with Gasteiger partial charge >= 0.3 is 6.09 Å². The van der Waals surface area contributed by atoms with E-state index in [9.17, 15) is 4.79 Å². The number of nitrogens with one attached hydrogen (secondary N) is 1. The molecule has 4 nitrogen and oxygen atoms in total. The Morgan fingerprint density at radius 2 is 1.91 bits per heavy atom. The number of allylic oxidation sites excluding steroid dienone is 1. The molecule has 0 radical (unpaired) electrons. The highest BCUT2D eigenvalue weighted by Crippen LogP contribution is 2.29. The highest BCUT2D eigenvalue weighted by molar-refractivity contribution is 5.85. The molecule has 4 heteroatoms. The zero-order valence-electron chi connectivity index (χ0n) is 19.3. The lowest BCUT2D eigenvalue weighted by molar-refractivity contribution is 0.0921. The van der Waals surface area contributed by atoms with E-state index in [0.717, 1.165) is 42.8 Å². The van der Waals surface area contributed by atoms with Gasteiger partial charge < -0.3 is 14.6 Å². The third-order valence-electron chi connectivity index (χ3n) is 7.32. The van der Waals surface area contributed by atoms with Gasteiger partial charge in [0.1, 0.15) is 6.61 Å². The van der Waals surface area contributed by atoms with E-state index in [0.29, 0.717) is 6.61 Å². The van der Waals surface area contributed by atoms with E-state index in [1.807, 2.05) is 35.2 Å². The summed E-state index contributed by atoms with van der Waals surface area (Å²) in [4.78, 5) is 18.1. The second-order valence-corrected chi connectivity index (χ2v) is 9.64. The van der Waals surface area contributed by atoms with Gasteiger partial charge in [0.15, 0.2) is 0 Å². The van der Waals surface area contributed by atoms with E-state index >= 15 is 0 Å². The highest BCUT2D eigenvalue weighted by atomic mass is 16.6. The normalized spacial score (nSPS) is 19.2. The molecule has 1 atom stereocenters. The summed E-state index contributed by atoms with van der Waals surface area (Å²) in [5.74, 6) is 0.878. The molecule has 1 amide bonds. The fraction of sp³-hybridized carbons (Fsp3) is 0.414. The molecule has 2 aliphatic rings. The van der Waals surface area contributed by atoms with Gasteiger partial charge in [0, 0.05) is 29.7 Å². The number of hydrogen-bond donors (Lipinski definition) is 1. The molecule has 1 saturated heterocycles. The summed E-state index contributed by atoms with van der Waals surface area (Å²) in [6, 6.07) is 16.7. The van der Waals surface area contributed by atoms with Gasteiger partial charge in [-0.1, -0.05) is 74.2 Å². The van der Waals surface area contributed by atoms with E-state index in [1.54, 1.807) is 0 Å². The molecule has 1 N–H and O–H groups in total. The standard InChI is InChI=1S/C29H34N2O2/c32-29(33-21-24-10-2-1-3-11-24)31-17-7-14-26(31)19-25-20-30-28-16-15-23(18-27(25)28)13-6-12-22-8-4-5-9-22/h1-3,6,10-11,13,15-16,18,20,22,26,30H,4-5,7-9,12,14,17,19,21H2/t26-/m1/s1. The largest absolute Gasteiger partial charge is 0.445 e. The van der Waals surface area contributed by atoms with E-state index in [4.69, 9.17) is 4.74 Å². The number of hydrogen-bond acceptors (Lipinski definition) is 2. The Labute approximate surface area is 196 Å². The maximum Gasteiger partial charge on any atom is 0.410 e. The van der Waals surface area contributed by atoms with Crippen LogP contribution in [0.2, 0.25) is 0 Å². The number of rotatable bonds is 7. The SMILES string of the molecule is O=C(OCc1ccccc1)N1CCC[C@@H]1Cc1c[nH]c2ccc(C=CCC3CCCC3)cc12. The van der Waals surface area contributed by atoms with Crippen LogP contribution in [-0.2, 0) is 17.8 Å². The highest BCUT2D eigenvalue weighted by Gasteiger charge is 2.30. The van der Waals surface area contributed by atoms with E-state index in [2.05, 4.69) is 41.5 Å². The number of H-pyrrole nitrogens is 1. The van der Waals surface area contributed by atoms with Gasteiger partial charge in [0.2, 0.25) is 0 Å². The summed E-state index contributed by atoms with van der Waals surface area (Å²) < 4.78 is 5.62. The van der Waals surface area contributed by atoms with Crippen molar-refractivity contribution in [1.29, 1.82) is 0 Å². The molecular formula is C29H34N2O2. The first-order valence-electron chi connectivity index (χ1n) is 12.5. The fourth-order valence-corrected chi connectivity index (χ4v) is 5.46.